The second kappa shape index (κ2) is 21.4. The first-order chi connectivity index (χ1) is 29.3. The molecular formula is C53H86NaO8P. The summed E-state index contributed by atoms with van der Waals surface area (Å²) in [6.07, 6.45) is 22.4. The molecule has 10 heteroatoms. The number of hydrogen-bond acceptors (Lipinski definition) is 8. The maximum absolute atomic E-state index is 13.6. The van der Waals surface area contributed by atoms with Gasteiger partial charge in [-0.1, -0.05) is 100 Å². The molecule has 0 bridgehead atoms. The average Bonchev–Trinajstić information content (AvgIpc) is 3.57. The molecule has 0 aromatic heterocycles. The fourth-order valence-corrected chi connectivity index (χ4v) is 16.6. The Morgan fingerprint density at radius 3 is 2.32 bits per heavy atom. The third kappa shape index (κ3) is 11.4. The molecule has 1 heterocycles. The molecule has 0 N–H and O–H groups in total. The molecule has 7 rings (SSSR count). The van der Waals surface area contributed by atoms with Crippen molar-refractivity contribution in [2.24, 2.45) is 87.8 Å². The Morgan fingerprint density at radius 2 is 1.60 bits per heavy atom. The second-order valence-electron chi connectivity index (χ2n) is 23.2. The topological polar surface area (TPSA) is 111 Å². The molecule has 7 aliphatic rings. The van der Waals surface area contributed by atoms with E-state index in [4.69, 9.17) is 18.5 Å². The molecule has 5 fully saturated rings. The van der Waals surface area contributed by atoms with E-state index in [2.05, 4.69) is 73.6 Å². The Bertz CT molecular complexity index is 1680. The fourth-order valence-electron chi connectivity index (χ4n) is 15.5. The van der Waals surface area contributed by atoms with Crippen LogP contribution in [0.15, 0.2) is 23.8 Å². The summed E-state index contributed by atoms with van der Waals surface area (Å²) < 4.78 is 37.4. The van der Waals surface area contributed by atoms with Gasteiger partial charge in [0.2, 0.25) is 0 Å². The molecule has 63 heavy (non-hydrogen) atoms. The summed E-state index contributed by atoms with van der Waals surface area (Å²) in [5, 5.41) is 0. The van der Waals surface area contributed by atoms with Gasteiger partial charge in [-0.15, -0.1) is 0 Å². The summed E-state index contributed by atoms with van der Waals surface area (Å²) >= 11 is 0. The van der Waals surface area contributed by atoms with Crippen LogP contribution in [0.5, 0.6) is 0 Å². The van der Waals surface area contributed by atoms with Gasteiger partial charge in [-0.25, -0.2) is 0 Å². The zero-order valence-corrected chi connectivity index (χ0v) is 44.4. The first-order valence-corrected chi connectivity index (χ1v) is 27.3. The zero-order chi connectivity index (χ0) is 44.7. The first-order valence-electron chi connectivity index (χ1n) is 25.8. The number of ether oxygens (including phenoxy) is 2. The predicted octanol–water partition coefficient (Wildman–Crippen LogP) is 9.83. The molecular weight excluding hydrogens is 819 g/mol. The van der Waals surface area contributed by atoms with E-state index in [1.807, 2.05) is 13.8 Å². The molecule has 0 amide bonds. The third-order valence-electron chi connectivity index (χ3n) is 19.3. The number of hydrogen-bond donors (Lipinski definition) is 0. The molecule has 1 aliphatic heterocycles. The van der Waals surface area contributed by atoms with Crippen molar-refractivity contribution in [1.82, 2.24) is 0 Å². The first kappa shape index (κ1) is 51.9. The number of phosphoric acid groups is 1. The van der Waals surface area contributed by atoms with Crippen LogP contribution in [0.4, 0.5) is 0 Å². The molecule has 8 nitrogen and oxygen atoms in total. The van der Waals surface area contributed by atoms with Crippen LogP contribution >= 0.6 is 7.82 Å². The van der Waals surface area contributed by atoms with Gasteiger partial charge in [0.15, 0.2) is 0 Å². The molecule has 6 aliphatic carbocycles. The number of carbonyl (C=O) groups is 2. The van der Waals surface area contributed by atoms with Gasteiger partial charge in [-0.05, 0) is 171 Å². The van der Waals surface area contributed by atoms with Gasteiger partial charge >= 0.3 is 41.5 Å². The molecule has 4 unspecified atom stereocenters. The van der Waals surface area contributed by atoms with E-state index < -0.39 is 26.0 Å². The maximum atomic E-state index is 13.6. The molecule has 19 atom stereocenters. The van der Waals surface area contributed by atoms with Crippen molar-refractivity contribution in [1.29, 1.82) is 0 Å². The summed E-state index contributed by atoms with van der Waals surface area (Å²) in [6, 6.07) is 0. The summed E-state index contributed by atoms with van der Waals surface area (Å²) in [4.78, 5) is 39.5. The number of allylic oxidation sites excluding steroid dienone is 3. The van der Waals surface area contributed by atoms with E-state index in [-0.39, 0.29) is 83.2 Å². The zero-order valence-electron chi connectivity index (χ0n) is 41.5. The summed E-state index contributed by atoms with van der Waals surface area (Å²) in [7, 11) is -4.68. The number of fused-ring (bicyclic) bond motifs is 6. The van der Waals surface area contributed by atoms with Crippen molar-refractivity contribution in [2.75, 3.05) is 0 Å². The van der Waals surface area contributed by atoms with Crippen LogP contribution < -0.4 is 34.5 Å². The predicted molar refractivity (Wildman–Crippen MR) is 244 cm³/mol. The molecule has 0 aromatic carbocycles. The summed E-state index contributed by atoms with van der Waals surface area (Å²) in [6.45, 7) is 23.3. The van der Waals surface area contributed by atoms with E-state index in [1.54, 1.807) is 0 Å². The monoisotopic (exact) mass is 905 g/mol. The van der Waals surface area contributed by atoms with Gasteiger partial charge in [0.05, 0.1) is 24.5 Å². The number of cyclic esters (lactones) is 1. The van der Waals surface area contributed by atoms with Crippen molar-refractivity contribution < 1.29 is 67.1 Å². The fraction of sp³-hybridized carbons (Fsp3) is 0.887. The minimum Gasteiger partial charge on any atom is -0.756 e. The van der Waals surface area contributed by atoms with Crippen molar-refractivity contribution in [3.63, 3.8) is 0 Å². The number of phosphoric ester groups is 1. The quantitative estimate of drug-likeness (QED) is 0.0856. The van der Waals surface area contributed by atoms with Crippen LogP contribution in [0.25, 0.3) is 0 Å². The number of carbonyl (C=O) groups excluding carboxylic acids is 2. The Hall–Kier alpha value is -0.470. The van der Waals surface area contributed by atoms with Crippen molar-refractivity contribution >= 4 is 19.8 Å². The minimum atomic E-state index is -4.68. The van der Waals surface area contributed by atoms with Crippen LogP contribution in [0.3, 0.4) is 0 Å². The van der Waals surface area contributed by atoms with E-state index in [9.17, 15) is 19.0 Å². The van der Waals surface area contributed by atoms with E-state index in [0.717, 1.165) is 80.5 Å². The van der Waals surface area contributed by atoms with E-state index >= 15 is 0 Å². The van der Waals surface area contributed by atoms with Gasteiger partial charge in [0.25, 0.3) is 7.82 Å². The summed E-state index contributed by atoms with van der Waals surface area (Å²) in [5.41, 5.74) is 1.90. The Kier molecular flexibility index (Phi) is 17.7. The molecule has 1 saturated heterocycles. The SMILES string of the molecule is CC[C@H](CC[C@@H](C)C1CC[C@H]2[C@@H]3CC[C@H]4CC(OP(=O)([O-])OC5CC(=O)O[C@H](CC[C@@H]6[C@@H]7C(=C[C@H](C)C[C@@H]7OC(=O)[C@@H](C)CC)C=C[C@@H]6C)C5)CC[C@]4(C)[C@H]3CC[C@]12C)C(C)C.[Na+]. The van der Waals surface area contributed by atoms with Crippen LogP contribution in [0.1, 0.15) is 185 Å². The Labute approximate surface area is 405 Å². The van der Waals surface area contributed by atoms with Crippen LogP contribution in [-0.2, 0) is 32.7 Å². The van der Waals surface area contributed by atoms with Gasteiger partial charge in [-0.2, -0.15) is 0 Å². The smallest absolute Gasteiger partial charge is 0.756 e. The van der Waals surface area contributed by atoms with Crippen LogP contribution in [0.2, 0.25) is 0 Å². The molecule has 0 radical (unpaired) electrons. The van der Waals surface area contributed by atoms with Gasteiger partial charge < -0.3 is 23.4 Å². The normalized spacial score (nSPS) is 42.2. The summed E-state index contributed by atoms with van der Waals surface area (Å²) in [5.74, 6) is 6.14. The standard InChI is InChI=1S/C53H87O8P.Na/c1-11-34(6)51(55)59-48-28-33(5)27-38-16-13-35(7)43(50(38)48)20-18-40-30-42(31-49(54)58-40)61-62(56,57)60-41-23-25-52(9)39(29-41)17-19-44-46-22-21-45(53(46,10)26-24-47(44)52)36(8)14-15-37(12-2)32(3)4;/h13,16,27,32-37,39-48,50H,11-12,14-15,17-26,28-31H2,1-10H3,(H,56,57);/q;+1/p-1/t33-,34-,35-,36+,37+,39-,40+,41?,42?,43-,44-,45?,46-,47-,48-,50-,52-,53+;/m0./s1. The van der Waals surface area contributed by atoms with Gasteiger partial charge in [-0.3, -0.25) is 14.2 Å². The third-order valence-corrected chi connectivity index (χ3v) is 20.4. The maximum Gasteiger partial charge on any atom is 1.00 e. The number of esters is 2. The van der Waals surface area contributed by atoms with Crippen molar-refractivity contribution in [2.45, 2.75) is 209 Å². The average molecular weight is 905 g/mol. The molecule has 4 saturated carbocycles. The minimum absolute atomic E-state index is 0. The van der Waals surface area contributed by atoms with E-state index in [1.165, 1.54) is 56.9 Å². The largest absolute Gasteiger partial charge is 1.00 e. The second-order valence-corrected chi connectivity index (χ2v) is 24.5. The Balaban J connectivity index is 0.00000661. The van der Waals surface area contributed by atoms with Crippen molar-refractivity contribution in [3.05, 3.63) is 23.8 Å². The van der Waals surface area contributed by atoms with E-state index in [0.29, 0.717) is 36.0 Å². The van der Waals surface area contributed by atoms with Crippen LogP contribution in [0, 0.1) is 87.8 Å². The van der Waals surface area contributed by atoms with Gasteiger partial charge in [0, 0.05) is 12.3 Å². The molecule has 352 valence electrons. The molecule has 0 spiro atoms. The van der Waals surface area contributed by atoms with Gasteiger partial charge in [0.1, 0.15) is 12.2 Å². The van der Waals surface area contributed by atoms with Crippen molar-refractivity contribution in [3.8, 4) is 0 Å². The number of rotatable bonds is 16. The Morgan fingerprint density at radius 1 is 0.889 bits per heavy atom. The molecule has 0 aromatic rings. The van der Waals surface area contributed by atoms with Crippen LogP contribution in [-0.4, -0.2) is 36.4 Å².